The molecule has 4 rings (SSSR count). The molecule has 4 aromatic rings. The molecule has 4 nitrogen and oxygen atoms in total. The van der Waals surface area contributed by atoms with E-state index in [4.69, 9.17) is 16.0 Å². The first-order valence-corrected chi connectivity index (χ1v) is 9.54. The van der Waals surface area contributed by atoms with Gasteiger partial charge in [0.15, 0.2) is 0 Å². The maximum absolute atomic E-state index is 6.07. The minimum absolute atomic E-state index is 0.0129. The second-order valence-corrected chi connectivity index (χ2v) is 7.03. The Morgan fingerprint density at radius 3 is 2.07 bits per heavy atom. The van der Waals surface area contributed by atoms with Crippen LogP contribution >= 0.6 is 11.6 Å². The van der Waals surface area contributed by atoms with Crippen molar-refractivity contribution in [3.05, 3.63) is 107 Å². The molecule has 5 heteroatoms. The Morgan fingerprint density at radius 2 is 1.46 bits per heavy atom. The molecular weight excluding hydrogens is 370 g/mol. The van der Waals surface area contributed by atoms with E-state index in [1.165, 1.54) is 11.1 Å². The molecule has 0 aliphatic rings. The van der Waals surface area contributed by atoms with Gasteiger partial charge in [0.2, 0.25) is 11.8 Å². The van der Waals surface area contributed by atoms with Crippen LogP contribution in [0.3, 0.4) is 0 Å². The summed E-state index contributed by atoms with van der Waals surface area (Å²) in [6, 6.07) is 27.9. The molecule has 28 heavy (non-hydrogen) atoms. The summed E-state index contributed by atoms with van der Waals surface area (Å²) in [6.07, 6.45) is 0. The Hall–Kier alpha value is -2.95. The fraction of sp³-hybridized carbons (Fsp3) is 0.130. The number of benzene rings is 3. The number of hydrogen-bond donors (Lipinski definition) is 1. The lowest BCUT2D eigenvalue weighted by atomic mass is 9.98. The lowest BCUT2D eigenvalue weighted by molar-refractivity contribution is 0.403. The van der Waals surface area contributed by atoms with Crippen molar-refractivity contribution < 1.29 is 4.42 Å². The highest BCUT2D eigenvalue weighted by Gasteiger charge is 2.21. The van der Waals surface area contributed by atoms with Gasteiger partial charge in [-0.3, -0.25) is 5.32 Å². The van der Waals surface area contributed by atoms with Gasteiger partial charge in [0, 0.05) is 10.6 Å². The van der Waals surface area contributed by atoms with Gasteiger partial charge in [-0.05, 0) is 36.2 Å². The van der Waals surface area contributed by atoms with Crippen LogP contribution in [-0.4, -0.2) is 10.2 Å². The Bertz CT molecular complexity index is 994. The highest BCUT2D eigenvalue weighted by Crippen LogP contribution is 2.27. The van der Waals surface area contributed by atoms with Crippen molar-refractivity contribution in [3.63, 3.8) is 0 Å². The van der Waals surface area contributed by atoms with Crippen LogP contribution in [0.5, 0.6) is 0 Å². The summed E-state index contributed by atoms with van der Waals surface area (Å²) in [5, 5.41) is 12.7. The molecule has 0 aliphatic heterocycles. The van der Waals surface area contributed by atoms with E-state index in [9.17, 15) is 0 Å². The Morgan fingerprint density at radius 1 is 0.821 bits per heavy atom. The Balaban J connectivity index is 1.59. The van der Waals surface area contributed by atoms with E-state index in [0.29, 0.717) is 16.8 Å². The predicted molar refractivity (Wildman–Crippen MR) is 111 cm³/mol. The summed E-state index contributed by atoms with van der Waals surface area (Å²) in [4.78, 5) is 0. The summed E-state index contributed by atoms with van der Waals surface area (Å²) in [6.45, 7) is 2.02. The average Bonchev–Trinajstić information content (AvgIpc) is 3.24. The maximum atomic E-state index is 6.07. The molecule has 1 heterocycles. The fourth-order valence-corrected chi connectivity index (χ4v) is 3.34. The van der Waals surface area contributed by atoms with E-state index in [1.807, 2.05) is 67.6 Å². The molecule has 0 radical (unpaired) electrons. The van der Waals surface area contributed by atoms with E-state index in [2.05, 4.69) is 39.8 Å². The molecule has 0 saturated heterocycles. The molecule has 0 saturated carbocycles. The maximum Gasteiger partial charge on any atom is 0.247 e. The summed E-state index contributed by atoms with van der Waals surface area (Å²) >= 11 is 6.07. The second kappa shape index (κ2) is 8.38. The van der Waals surface area contributed by atoms with E-state index >= 15 is 0 Å². The third-order valence-electron chi connectivity index (χ3n) is 4.57. The molecule has 3 aromatic carbocycles. The van der Waals surface area contributed by atoms with Gasteiger partial charge in [-0.2, -0.15) is 0 Å². The van der Waals surface area contributed by atoms with Gasteiger partial charge >= 0.3 is 0 Å². The number of nitrogens with zero attached hydrogens (tertiary/aromatic N) is 2. The first kappa shape index (κ1) is 18.4. The van der Waals surface area contributed by atoms with E-state index in [-0.39, 0.29) is 12.1 Å². The van der Waals surface area contributed by atoms with Crippen LogP contribution in [-0.2, 0) is 0 Å². The Labute approximate surface area is 169 Å². The van der Waals surface area contributed by atoms with Crippen molar-refractivity contribution in [2.24, 2.45) is 0 Å². The fourth-order valence-electron chi connectivity index (χ4n) is 3.14. The van der Waals surface area contributed by atoms with Crippen molar-refractivity contribution in [2.75, 3.05) is 0 Å². The first-order valence-electron chi connectivity index (χ1n) is 9.16. The largest absolute Gasteiger partial charge is 0.419 e. The van der Waals surface area contributed by atoms with E-state index in [0.717, 1.165) is 5.56 Å². The SMILES string of the molecule is CC(NC(c1ccccc1)c1ccccc1)c1nnc(-c2cccc(Cl)c2)o1. The molecule has 0 spiro atoms. The third kappa shape index (κ3) is 4.14. The van der Waals surface area contributed by atoms with Gasteiger partial charge in [0.1, 0.15) is 0 Å². The molecule has 1 atom stereocenters. The quantitative estimate of drug-likeness (QED) is 0.450. The monoisotopic (exact) mass is 389 g/mol. The van der Waals surface area contributed by atoms with Gasteiger partial charge in [0.05, 0.1) is 12.1 Å². The lowest BCUT2D eigenvalue weighted by Crippen LogP contribution is -2.25. The van der Waals surface area contributed by atoms with Gasteiger partial charge in [-0.25, -0.2) is 0 Å². The topological polar surface area (TPSA) is 51.0 Å². The zero-order valence-electron chi connectivity index (χ0n) is 15.4. The van der Waals surface area contributed by atoms with Crippen molar-refractivity contribution >= 4 is 11.6 Å². The molecule has 0 aliphatic carbocycles. The molecule has 0 amide bonds. The van der Waals surface area contributed by atoms with E-state index in [1.54, 1.807) is 0 Å². The molecule has 140 valence electrons. The molecule has 0 bridgehead atoms. The van der Waals surface area contributed by atoms with E-state index < -0.39 is 0 Å². The first-order chi connectivity index (χ1) is 13.7. The highest BCUT2D eigenvalue weighted by atomic mass is 35.5. The normalized spacial score (nSPS) is 12.2. The van der Waals surface area contributed by atoms with Gasteiger partial charge < -0.3 is 4.42 Å². The summed E-state index contributed by atoms with van der Waals surface area (Å²) in [7, 11) is 0. The second-order valence-electron chi connectivity index (χ2n) is 6.60. The van der Waals surface area contributed by atoms with Crippen LogP contribution < -0.4 is 5.32 Å². The molecule has 1 N–H and O–H groups in total. The van der Waals surface area contributed by atoms with Crippen LogP contribution in [0, 0.1) is 0 Å². The lowest BCUT2D eigenvalue weighted by Gasteiger charge is -2.22. The smallest absolute Gasteiger partial charge is 0.247 e. The summed E-state index contributed by atoms with van der Waals surface area (Å²) < 4.78 is 5.92. The van der Waals surface area contributed by atoms with Crippen LogP contribution in [0.2, 0.25) is 5.02 Å². The third-order valence-corrected chi connectivity index (χ3v) is 4.80. The van der Waals surface area contributed by atoms with Crippen LogP contribution in [0.25, 0.3) is 11.5 Å². The number of nitrogens with one attached hydrogen (secondary N) is 1. The summed E-state index contributed by atoms with van der Waals surface area (Å²) in [5.74, 6) is 0.994. The van der Waals surface area contributed by atoms with Gasteiger partial charge in [-0.1, -0.05) is 78.3 Å². The van der Waals surface area contributed by atoms with Crippen LogP contribution in [0.1, 0.15) is 36.0 Å². The zero-order chi connectivity index (χ0) is 19.3. The van der Waals surface area contributed by atoms with Crippen molar-refractivity contribution in [3.8, 4) is 11.5 Å². The summed E-state index contributed by atoms with van der Waals surface area (Å²) in [5.41, 5.74) is 3.16. The molecular formula is C23H20ClN3O. The average molecular weight is 390 g/mol. The molecule has 0 fully saturated rings. The predicted octanol–water partition coefficient (Wildman–Crippen LogP) is 5.83. The number of aromatic nitrogens is 2. The number of halogens is 1. The van der Waals surface area contributed by atoms with Crippen molar-refractivity contribution in [1.82, 2.24) is 15.5 Å². The van der Waals surface area contributed by atoms with Gasteiger partial charge in [-0.15, -0.1) is 10.2 Å². The van der Waals surface area contributed by atoms with Crippen LogP contribution in [0.15, 0.2) is 89.3 Å². The van der Waals surface area contributed by atoms with Crippen molar-refractivity contribution in [2.45, 2.75) is 19.0 Å². The Kier molecular flexibility index (Phi) is 5.51. The minimum atomic E-state index is -0.133. The molecule has 1 unspecified atom stereocenters. The number of rotatable bonds is 6. The highest BCUT2D eigenvalue weighted by molar-refractivity contribution is 6.30. The number of hydrogen-bond acceptors (Lipinski definition) is 4. The minimum Gasteiger partial charge on any atom is -0.419 e. The van der Waals surface area contributed by atoms with Gasteiger partial charge in [0.25, 0.3) is 0 Å². The van der Waals surface area contributed by atoms with Crippen molar-refractivity contribution in [1.29, 1.82) is 0 Å². The standard InChI is InChI=1S/C23H20ClN3O/c1-16(22-26-27-23(28-22)19-13-8-14-20(24)15-19)25-21(17-9-4-2-5-10-17)18-11-6-3-7-12-18/h2-16,21,25H,1H3. The van der Waals surface area contributed by atoms with Crippen LogP contribution in [0.4, 0.5) is 0 Å². The molecule has 1 aromatic heterocycles. The zero-order valence-corrected chi connectivity index (χ0v) is 16.2.